The van der Waals surface area contributed by atoms with E-state index in [1.165, 1.54) is 39.5 Å². The Morgan fingerprint density at radius 1 is 0.889 bits per heavy atom. The van der Waals surface area contributed by atoms with Crippen molar-refractivity contribution in [3.05, 3.63) is 71.4 Å². The van der Waals surface area contributed by atoms with Crippen LogP contribution in [-0.4, -0.2) is 16.5 Å². The molecule has 0 radical (unpaired) electrons. The lowest BCUT2D eigenvalue weighted by Crippen LogP contribution is -2.49. The van der Waals surface area contributed by atoms with Gasteiger partial charge in [0.1, 0.15) is 0 Å². The summed E-state index contributed by atoms with van der Waals surface area (Å²) in [6.45, 7) is 4.79. The minimum absolute atomic E-state index is 0.562. The van der Waals surface area contributed by atoms with E-state index < -0.39 is 0 Å². The number of fused-ring (bicyclic) bond motifs is 2. The van der Waals surface area contributed by atoms with Crippen molar-refractivity contribution in [1.82, 2.24) is 5.32 Å². The van der Waals surface area contributed by atoms with Gasteiger partial charge in [-0.25, -0.2) is 0 Å². The minimum Gasteiger partial charge on any atom is -0.383 e. The summed E-state index contributed by atoms with van der Waals surface area (Å²) in [6.07, 6.45) is 6.09. The number of rotatable bonds is 3. The quantitative estimate of drug-likeness (QED) is 0.693. The molecule has 3 heterocycles. The third-order valence-electron chi connectivity index (χ3n) is 6.33. The first-order valence-electron chi connectivity index (χ1n) is 10.1. The van der Waals surface area contributed by atoms with Crippen molar-refractivity contribution in [2.75, 3.05) is 0 Å². The average Bonchev–Trinajstić information content (AvgIpc) is 3.31. The maximum atomic E-state index is 4.06. The van der Waals surface area contributed by atoms with Gasteiger partial charge in [0.25, 0.3) is 0 Å². The Hall–Kier alpha value is -1.32. The van der Waals surface area contributed by atoms with E-state index in [0.717, 1.165) is 6.42 Å². The van der Waals surface area contributed by atoms with E-state index >= 15 is 0 Å². The molecule has 3 aliphatic heterocycles. The summed E-state index contributed by atoms with van der Waals surface area (Å²) in [6, 6.07) is 18.5. The molecule has 0 bridgehead atoms. The Bertz CT molecular complexity index is 822. The van der Waals surface area contributed by atoms with Gasteiger partial charge in [-0.3, -0.25) is 0 Å². The molecule has 1 N–H and O–H groups in total. The summed E-state index contributed by atoms with van der Waals surface area (Å²) < 4.78 is 0. The molecule has 0 aliphatic carbocycles. The van der Waals surface area contributed by atoms with Crippen LogP contribution >= 0.6 is 23.5 Å². The van der Waals surface area contributed by atoms with Crippen LogP contribution in [0.25, 0.3) is 0 Å². The SMILES string of the molecule is CC(C)C1CC=C(C2Cc3ccccc3S2)NC1C1Cc2ccccc2S1. The van der Waals surface area contributed by atoms with E-state index in [9.17, 15) is 0 Å². The van der Waals surface area contributed by atoms with Crippen LogP contribution in [0.2, 0.25) is 0 Å². The number of benzene rings is 2. The van der Waals surface area contributed by atoms with Crippen LogP contribution in [0.1, 0.15) is 31.4 Å². The van der Waals surface area contributed by atoms with Crippen molar-refractivity contribution >= 4 is 23.5 Å². The molecule has 0 saturated heterocycles. The van der Waals surface area contributed by atoms with Crippen LogP contribution in [0.5, 0.6) is 0 Å². The number of thioether (sulfide) groups is 2. The minimum atomic E-state index is 0.562. The number of allylic oxidation sites excluding steroid dienone is 1. The lowest BCUT2D eigenvalue weighted by atomic mass is 9.80. The molecule has 0 fully saturated rings. The van der Waals surface area contributed by atoms with Crippen molar-refractivity contribution in [2.24, 2.45) is 11.8 Å². The average molecular weight is 394 g/mol. The molecule has 4 unspecified atom stereocenters. The zero-order chi connectivity index (χ0) is 18.4. The summed E-state index contributed by atoms with van der Waals surface area (Å²) in [5.41, 5.74) is 4.53. The molecule has 140 valence electrons. The van der Waals surface area contributed by atoms with E-state index in [0.29, 0.717) is 28.4 Å². The van der Waals surface area contributed by atoms with Crippen molar-refractivity contribution in [1.29, 1.82) is 0 Å². The van der Waals surface area contributed by atoms with Crippen molar-refractivity contribution in [2.45, 2.75) is 59.4 Å². The molecule has 2 aromatic rings. The first kappa shape index (κ1) is 17.8. The number of hydrogen-bond acceptors (Lipinski definition) is 3. The fraction of sp³-hybridized carbons (Fsp3) is 0.417. The highest BCUT2D eigenvalue weighted by atomic mass is 32.2. The van der Waals surface area contributed by atoms with Gasteiger partial charge in [-0.1, -0.05) is 56.3 Å². The summed E-state index contributed by atoms with van der Waals surface area (Å²) in [5.74, 6) is 1.42. The molecule has 3 aliphatic rings. The Balaban J connectivity index is 1.37. The van der Waals surface area contributed by atoms with E-state index in [1.807, 2.05) is 11.8 Å². The molecular formula is C24H27NS2. The van der Waals surface area contributed by atoms with Gasteiger partial charge in [0.15, 0.2) is 0 Å². The van der Waals surface area contributed by atoms with Crippen LogP contribution in [-0.2, 0) is 12.8 Å². The van der Waals surface area contributed by atoms with Gasteiger partial charge < -0.3 is 5.32 Å². The molecule has 1 nitrogen and oxygen atoms in total. The highest BCUT2D eigenvalue weighted by Gasteiger charge is 2.39. The fourth-order valence-corrected chi connectivity index (χ4v) is 7.60. The van der Waals surface area contributed by atoms with Crippen LogP contribution in [0.4, 0.5) is 0 Å². The topological polar surface area (TPSA) is 12.0 Å². The highest BCUT2D eigenvalue weighted by molar-refractivity contribution is 8.00. The largest absolute Gasteiger partial charge is 0.383 e. The second-order valence-electron chi connectivity index (χ2n) is 8.36. The first-order chi connectivity index (χ1) is 13.2. The standard InChI is InChI=1S/C24H27NS2/c1-15(2)18-11-12-19(22-13-16-7-3-5-9-20(16)26-22)25-24(18)23-14-17-8-4-6-10-21(17)27-23/h3-10,12,15,18,22-25H,11,13-14H2,1-2H3. The molecule has 4 atom stereocenters. The summed E-state index contributed by atoms with van der Waals surface area (Å²) >= 11 is 4.15. The fourth-order valence-electron chi connectivity index (χ4n) is 4.81. The van der Waals surface area contributed by atoms with Gasteiger partial charge in [0.05, 0.1) is 5.25 Å². The maximum Gasteiger partial charge on any atom is 0.0529 e. The Kier molecular flexibility index (Phi) is 4.77. The predicted octanol–water partition coefficient (Wildman–Crippen LogP) is 5.94. The van der Waals surface area contributed by atoms with Gasteiger partial charge in [-0.15, -0.1) is 23.5 Å². The molecule has 3 heteroatoms. The van der Waals surface area contributed by atoms with Crippen LogP contribution in [0.15, 0.2) is 70.1 Å². The maximum absolute atomic E-state index is 4.06. The third-order valence-corrected chi connectivity index (χ3v) is 9.10. The van der Waals surface area contributed by atoms with E-state index in [2.05, 4.69) is 85.5 Å². The lowest BCUT2D eigenvalue weighted by molar-refractivity contribution is 0.269. The Morgan fingerprint density at radius 3 is 2.22 bits per heavy atom. The lowest BCUT2D eigenvalue weighted by Gasteiger charge is -2.40. The number of nitrogens with one attached hydrogen (secondary N) is 1. The molecule has 0 aromatic heterocycles. The van der Waals surface area contributed by atoms with Gasteiger partial charge in [0.2, 0.25) is 0 Å². The van der Waals surface area contributed by atoms with E-state index in [-0.39, 0.29) is 0 Å². The van der Waals surface area contributed by atoms with Gasteiger partial charge in [-0.05, 0) is 54.4 Å². The van der Waals surface area contributed by atoms with Crippen molar-refractivity contribution < 1.29 is 0 Å². The molecular weight excluding hydrogens is 366 g/mol. The number of hydrogen-bond donors (Lipinski definition) is 1. The molecule has 0 saturated carbocycles. The monoisotopic (exact) mass is 393 g/mol. The molecule has 0 spiro atoms. The van der Waals surface area contributed by atoms with Gasteiger partial charge in [0, 0.05) is 26.8 Å². The Labute approximate surface area is 171 Å². The van der Waals surface area contributed by atoms with Crippen molar-refractivity contribution in [3.8, 4) is 0 Å². The van der Waals surface area contributed by atoms with Crippen LogP contribution < -0.4 is 5.32 Å². The second kappa shape index (κ2) is 7.25. The summed E-state index contributed by atoms with van der Waals surface area (Å²) in [7, 11) is 0. The van der Waals surface area contributed by atoms with E-state index in [4.69, 9.17) is 0 Å². The van der Waals surface area contributed by atoms with Crippen LogP contribution in [0, 0.1) is 11.8 Å². The molecule has 2 aromatic carbocycles. The van der Waals surface area contributed by atoms with Gasteiger partial charge >= 0.3 is 0 Å². The first-order valence-corrected chi connectivity index (χ1v) is 11.9. The molecule has 5 rings (SSSR count). The summed E-state index contributed by atoms with van der Waals surface area (Å²) in [4.78, 5) is 2.96. The van der Waals surface area contributed by atoms with Crippen LogP contribution in [0.3, 0.4) is 0 Å². The van der Waals surface area contributed by atoms with Crippen molar-refractivity contribution in [3.63, 3.8) is 0 Å². The van der Waals surface area contributed by atoms with E-state index in [1.54, 1.807) is 0 Å². The molecule has 27 heavy (non-hydrogen) atoms. The summed E-state index contributed by atoms with van der Waals surface area (Å²) in [5, 5.41) is 5.27. The second-order valence-corrected chi connectivity index (χ2v) is 10.9. The predicted molar refractivity (Wildman–Crippen MR) is 118 cm³/mol. The zero-order valence-corrected chi connectivity index (χ0v) is 17.7. The normalized spacial score (nSPS) is 29.2. The van der Waals surface area contributed by atoms with Gasteiger partial charge in [-0.2, -0.15) is 0 Å². The molecule has 0 amide bonds. The zero-order valence-electron chi connectivity index (χ0n) is 16.0. The highest BCUT2D eigenvalue weighted by Crippen LogP contribution is 2.45. The Morgan fingerprint density at radius 2 is 1.56 bits per heavy atom. The third kappa shape index (κ3) is 3.34. The smallest absolute Gasteiger partial charge is 0.0529 e.